The van der Waals surface area contributed by atoms with Gasteiger partial charge in [-0.25, -0.2) is 18.7 Å². The molecule has 0 radical (unpaired) electrons. The molecule has 0 saturated heterocycles. The minimum atomic E-state index is -0.809. The quantitative estimate of drug-likeness (QED) is 0.394. The van der Waals surface area contributed by atoms with E-state index in [1.54, 1.807) is 36.7 Å². The number of hydrogen-bond acceptors (Lipinski definition) is 7. The van der Waals surface area contributed by atoms with E-state index < -0.39 is 17.2 Å². The predicted molar refractivity (Wildman–Crippen MR) is 117 cm³/mol. The first-order valence-electron chi connectivity index (χ1n) is 9.84. The van der Waals surface area contributed by atoms with Crippen molar-refractivity contribution < 1.29 is 9.53 Å². The molecule has 1 amide bonds. The second-order valence-electron chi connectivity index (χ2n) is 6.78. The molecule has 0 aliphatic carbocycles. The molecular formula is C21H19N7O5. The number of amides is 1. The number of ether oxygens (including phenoxy) is 1. The van der Waals surface area contributed by atoms with Crippen LogP contribution in [0.5, 0.6) is 5.75 Å². The Bertz CT molecular complexity index is 1470. The Kier molecular flexibility index (Phi) is 5.98. The van der Waals surface area contributed by atoms with Crippen LogP contribution in [-0.2, 0) is 6.54 Å². The summed E-state index contributed by atoms with van der Waals surface area (Å²) < 4.78 is 8.71. The molecule has 168 valence electrons. The van der Waals surface area contributed by atoms with Crippen molar-refractivity contribution >= 4 is 5.91 Å². The summed E-state index contributed by atoms with van der Waals surface area (Å²) in [5, 5.41) is 10.8. The molecule has 4 rings (SSSR count). The summed E-state index contributed by atoms with van der Waals surface area (Å²) in [5.41, 5.74) is -1.95. The number of para-hydroxylation sites is 2. The van der Waals surface area contributed by atoms with E-state index in [9.17, 15) is 19.2 Å². The second-order valence-corrected chi connectivity index (χ2v) is 6.78. The van der Waals surface area contributed by atoms with Crippen LogP contribution in [-0.4, -0.2) is 48.7 Å². The smallest absolute Gasteiger partial charge is 0.333 e. The SMILES string of the molecule is COc1ccccc1-n1c(=O)[nH]cc(C(=O)NCCn2nc(-n3cccn3)ccc2=O)c1=O. The average Bonchev–Trinajstić information content (AvgIpc) is 3.35. The summed E-state index contributed by atoms with van der Waals surface area (Å²) in [6.45, 7) is 0.0747. The largest absolute Gasteiger partial charge is 0.495 e. The van der Waals surface area contributed by atoms with Crippen LogP contribution in [0.15, 0.2) is 75.4 Å². The Morgan fingerprint density at radius 2 is 1.94 bits per heavy atom. The standard InChI is InChI=1S/C21H19N7O5/c1-33-16-6-3-2-5-15(16)28-20(31)14(13-23-21(28)32)19(30)22-10-12-27-18(29)8-7-17(25-27)26-11-4-9-24-26/h2-9,11,13H,10,12H2,1H3,(H,22,30)(H,23,32). The lowest BCUT2D eigenvalue weighted by Crippen LogP contribution is -2.40. The number of aromatic amines is 1. The summed E-state index contributed by atoms with van der Waals surface area (Å²) in [4.78, 5) is 52.4. The highest BCUT2D eigenvalue weighted by Gasteiger charge is 2.17. The Labute approximate surface area is 185 Å². The van der Waals surface area contributed by atoms with Crippen molar-refractivity contribution in [3.8, 4) is 17.3 Å². The highest BCUT2D eigenvalue weighted by molar-refractivity contribution is 5.93. The van der Waals surface area contributed by atoms with Gasteiger partial charge in [0.25, 0.3) is 17.0 Å². The summed E-state index contributed by atoms with van der Waals surface area (Å²) in [6, 6.07) is 11.1. The van der Waals surface area contributed by atoms with Crippen molar-refractivity contribution in [2.45, 2.75) is 6.54 Å². The zero-order valence-electron chi connectivity index (χ0n) is 17.5. The molecule has 0 fully saturated rings. The van der Waals surface area contributed by atoms with Crippen LogP contribution < -0.4 is 26.9 Å². The Hall–Kier alpha value is -4.74. The van der Waals surface area contributed by atoms with E-state index in [2.05, 4.69) is 20.5 Å². The normalized spacial score (nSPS) is 10.7. The molecule has 3 heterocycles. The van der Waals surface area contributed by atoms with Gasteiger partial charge >= 0.3 is 5.69 Å². The number of nitrogens with zero attached hydrogens (tertiary/aromatic N) is 5. The van der Waals surface area contributed by atoms with Crippen LogP contribution in [0, 0.1) is 0 Å². The first-order valence-corrected chi connectivity index (χ1v) is 9.84. The Balaban J connectivity index is 1.54. The van der Waals surface area contributed by atoms with Gasteiger partial charge in [0, 0.05) is 31.2 Å². The monoisotopic (exact) mass is 449 g/mol. The van der Waals surface area contributed by atoms with E-state index >= 15 is 0 Å². The van der Waals surface area contributed by atoms with E-state index in [1.807, 2.05) is 0 Å². The van der Waals surface area contributed by atoms with Crippen molar-refractivity contribution in [3.63, 3.8) is 0 Å². The molecule has 4 aromatic rings. The molecule has 33 heavy (non-hydrogen) atoms. The first-order chi connectivity index (χ1) is 16.0. The van der Waals surface area contributed by atoms with Crippen molar-refractivity contribution in [2.24, 2.45) is 0 Å². The minimum absolute atomic E-state index is 0.0154. The molecule has 0 aliphatic rings. The number of H-pyrrole nitrogens is 1. The fourth-order valence-electron chi connectivity index (χ4n) is 3.16. The molecule has 3 aromatic heterocycles. The fourth-order valence-corrected chi connectivity index (χ4v) is 3.16. The summed E-state index contributed by atoms with van der Waals surface area (Å²) in [5.74, 6) is 0.0209. The summed E-state index contributed by atoms with van der Waals surface area (Å²) in [6.07, 6.45) is 4.32. The van der Waals surface area contributed by atoms with Gasteiger partial charge in [-0.05, 0) is 24.3 Å². The van der Waals surface area contributed by atoms with E-state index in [0.717, 1.165) is 10.8 Å². The van der Waals surface area contributed by atoms with E-state index in [4.69, 9.17) is 4.74 Å². The number of hydrogen-bond donors (Lipinski definition) is 2. The first kappa shape index (κ1) is 21.5. The lowest BCUT2D eigenvalue weighted by molar-refractivity contribution is 0.0949. The molecule has 12 nitrogen and oxygen atoms in total. The van der Waals surface area contributed by atoms with E-state index in [-0.39, 0.29) is 29.9 Å². The summed E-state index contributed by atoms with van der Waals surface area (Å²) in [7, 11) is 1.41. The third-order valence-corrected chi connectivity index (χ3v) is 4.75. The third kappa shape index (κ3) is 4.35. The van der Waals surface area contributed by atoms with Gasteiger partial charge in [-0.15, -0.1) is 5.10 Å². The molecule has 1 aromatic carbocycles. The topological polar surface area (TPSA) is 146 Å². The van der Waals surface area contributed by atoms with E-state index in [1.165, 1.54) is 34.7 Å². The lowest BCUT2D eigenvalue weighted by Gasteiger charge is -2.11. The van der Waals surface area contributed by atoms with Crippen LogP contribution >= 0.6 is 0 Å². The van der Waals surface area contributed by atoms with Crippen molar-refractivity contribution in [3.05, 3.63) is 97.8 Å². The molecule has 0 aliphatic heterocycles. The molecule has 0 atom stereocenters. The van der Waals surface area contributed by atoms with Crippen LogP contribution in [0.3, 0.4) is 0 Å². The lowest BCUT2D eigenvalue weighted by atomic mass is 10.2. The number of nitrogens with one attached hydrogen (secondary N) is 2. The Morgan fingerprint density at radius 3 is 2.70 bits per heavy atom. The molecule has 0 bridgehead atoms. The van der Waals surface area contributed by atoms with Crippen LogP contribution in [0.1, 0.15) is 10.4 Å². The van der Waals surface area contributed by atoms with Crippen LogP contribution in [0.4, 0.5) is 0 Å². The Morgan fingerprint density at radius 1 is 1.12 bits per heavy atom. The number of carbonyl (C=O) groups is 1. The van der Waals surface area contributed by atoms with Gasteiger partial charge in [0.1, 0.15) is 11.3 Å². The number of aromatic nitrogens is 6. The maximum Gasteiger partial charge on any atom is 0.333 e. The van der Waals surface area contributed by atoms with Gasteiger partial charge in [0.2, 0.25) is 0 Å². The van der Waals surface area contributed by atoms with Gasteiger partial charge in [0.05, 0.1) is 19.3 Å². The number of carbonyl (C=O) groups excluding carboxylic acids is 1. The molecule has 0 unspecified atom stereocenters. The molecule has 0 saturated carbocycles. The van der Waals surface area contributed by atoms with Crippen molar-refractivity contribution in [1.82, 2.24) is 34.4 Å². The van der Waals surface area contributed by atoms with Crippen molar-refractivity contribution in [2.75, 3.05) is 13.7 Å². The fraction of sp³-hybridized carbons (Fsp3) is 0.143. The molecule has 0 spiro atoms. The number of rotatable bonds is 7. The highest BCUT2D eigenvalue weighted by atomic mass is 16.5. The maximum atomic E-state index is 12.9. The summed E-state index contributed by atoms with van der Waals surface area (Å²) >= 11 is 0. The van der Waals surface area contributed by atoms with Gasteiger partial charge in [0.15, 0.2) is 5.82 Å². The highest BCUT2D eigenvalue weighted by Crippen LogP contribution is 2.19. The van der Waals surface area contributed by atoms with Gasteiger partial charge in [-0.2, -0.15) is 5.10 Å². The average molecular weight is 449 g/mol. The minimum Gasteiger partial charge on any atom is -0.495 e. The van der Waals surface area contributed by atoms with Gasteiger partial charge < -0.3 is 15.0 Å². The molecule has 2 N–H and O–H groups in total. The van der Waals surface area contributed by atoms with Gasteiger partial charge in [-0.3, -0.25) is 14.4 Å². The van der Waals surface area contributed by atoms with Crippen LogP contribution in [0.25, 0.3) is 11.5 Å². The zero-order valence-corrected chi connectivity index (χ0v) is 17.5. The number of methoxy groups -OCH3 is 1. The second kappa shape index (κ2) is 9.18. The maximum absolute atomic E-state index is 12.9. The third-order valence-electron chi connectivity index (χ3n) is 4.75. The van der Waals surface area contributed by atoms with Gasteiger partial charge in [-0.1, -0.05) is 12.1 Å². The van der Waals surface area contributed by atoms with E-state index in [0.29, 0.717) is 11.6 Å². The zero-order chi connectivity index (χ0) is 23.4. The predicted octanol–water partition coefficient (Wildman–Crippen LogP) is -0.293. The molecule has 12 heteroatoms. The van der Waals surface area contributed by atoms with Crippen molar-refractivity contribution in [1.29, 1.82) is 0 Å². The number of benzene rings is 1. The molecular weight excluding hydrogens is 430 g/mol. The van der Waals surface area contributed by atoms with Crippen LogP contribution in [0.2, 0.25) is 0 Å².